The normalized spacial score (nSPS) is 10.2. The number of carbonyl (C=O) groups is 1. The Labute approximate surface area is 114 Å². The molecule has 0 heterocycles. The van der Waals surface area contributed by atoms with Crippen molar-refractivity contribution >= 4 is 17.6 Å². The van der Waals surface area contributed by atoms with Gasteiger partial charge in [0.25, 0.3) is 0 Å². The highest BCUT2D eigenvalue weighted by atomic mass is 35.5. The maximum absolute atomic E-state index is 13.3. The molecule has 0 aliphatic carbocycles. The van der Waals surface area contributed by atoms with Crippen LogP contribution in [0.25, 0.3) is 0 Å². The monoisotopic (exact) mass is 280 g/mol. The van der Waals surface area contributed by atoms with Gasteiger partial charge in [0.1, 0.15) is 18.2 Å². The van der Waals surface area contributed by atoms with Gasteiger partial charge in [0.2, 0.25) is 0 Å². The van der Waals surface area contributed by atoms with Crippen molar-refractivity contribution in [2.75, 3.05) is 0 Å². The van der Waals surface area contributed by atoms with Gasteiger partial charge in [-0.2, -0.15) is 0 Å². The molecule has 0 aliphatic rings. The van der Waals surface area contributed by atoms with E-state index in [0.717, 1.165) is 17.7 Å². The Balaban J connectivity index is 2.21. The van der Waals surface area contributed by atoms with Crippen molar-refractivity contribution in [3.63, 3.8) is 0 Å². The van der Waals surface area contributed by atoms with Crippen molar-refractivity contribution < 1.29 is 19.0 Å². The minimum absolute atomic E-state index is 0.0402. The zero-order valence-corrected chi connectivity index (χ0v) is 10.5. The Morgan fingerprint density at radius 3 is 2.58 bits per heavy atom. The van der Waals surface area contributed by atoms with E-state index in [-0.39, 0.29) is 17.4 Å². The maximum Gasteiger partial charge on any atom is 0.338 e. The summed E-state index contributed by atoms with van der Waals surface area (Å²) < 4.78 is 18.7. The molecule has 98 valence electrons. The molecule has 0 bridgehead atoms. The fourth-order valence-corrected chi connectivity index (χ4v) is 1.74. The minimum Gasteiger partial charge on any atom is -0.487 e. The molecule has 2 aromatic carbocycles. The molecule has 3 nitrogen and oxygen atoms in total. The highest BCUT2D eigenvalue weighted by Crippen LogP contribution is 2.28. The molecule has 0 radical (unpaired) electrons. The molecule has 0 atom stereocenters. The van der Waals surface area contributed by atoms with E-state index in [9.17, 15) is 9.18 Å². The van der Waals surface area contributed by atoms with Gasteiger partial charge < -0.3 is 9.84 Å². The van der Waals surface area contributed by atoms with Crippen LogP contribution in [0, 0.1) is 5.82 Å². The number of halogens is 2. The number of carboxylic acid groups (broad SMARTS) is 1. The fourth-order valence-electron chi connectivity index (χ4n) is 1.54. The molecule has 1 N–H and O–H groups in total. The molecule has 0 fully saturated rings. The van der Waals surface area contributed by atoms with Crippen LogP contribution in [-0.2, 0) is 6.61 Å². The second kappa shape index (κ2) is 5.71. The van der Waals surface area contributed by atoms with Crippen molar-refractivity contribution in [3.05, 3.63) is 64.4 Å². The predicted octanol–water partition coefficient (Wildman–Crippen LogP) is 3.76. The van der Waals surface area contributed by atoms with Gasteiger partial charge in [-0.25, -0.2) is 9.18 Å². The van der Waals surface area contributed by atoms with E-state index in [1.54, 1.807) is 0 Å². The summed E-state index contributed by atoms with van der Waals surface area (Å²) in [5.74, 6) is -2.10. The SMILES string of the molecule is O=C(O)c1cc(OCc2ccccc2)c(Cl)cc1F. The lowest BCUT2D eigenvalue weighted by Gasteiger charge is -2.09. The summed E-state index contributed by atoms with van der Waals surface area (Å²) in [6, 6.07) is 11.3. The Morgan fingerprint density at radius 1 is 1.26 bits per heavy atom. The smallest absolute Gasteiger partial charge is 0.338 e. The molecule has 0 spiro atoms. The molecule has 0 unspecified atom stereocenters. The van der Waals surface area contributed by atoms with Gasteiger partial charge in [0.05, 0.1) is 10.6 Å². The van der Waals surface area contributed by atoms with Crippen LogP contribution in [-0.4, -0.2) is 11.1 Å². The lowest BCUT2D eigenvalue weighted by Crippen LogP contribution is -2.03. The summed E-state index contributed by atoms with van der Waals surface area (Å²) in [5, 5.41) is 8.87. The lowest BCUT2D eigenvalue weighted by atomic mass is 10.2. The molecule has 0 saturated heterocycles. The second-order valence-corrected chi connectivity index (χ2v) is 4.25. The van der Waals surface area contributed by atoms with Crippen molar-refractivity contribution in [3.8, 4) is 5.75 Å². The summed E-state index contributed by atoms with van der Waals surface area (Å²) in [6.07, 6.45) is 0. The highest BCUT2D eigenvalue weighted by Gasteiger charge is 2.15. The third kappa shape index (κ3) is 3.23. The Hall–Kier alpha value is -2.07. The highest BCUT2D eigenvalue weighted by molar-refractivity contribution is 6.32. The van der Waals surface area contributed by atoms with Gasteiger partial charge >= 0.3 is 5.97 Å². The first-order valence-electron chi connectivity index (χ1n) is 5.47. The molecule has 0 aliphatic heterocycles. The van der Waals surface area contributed by atoms with Crippen molar-refractivity contribution in [2.24, 2.45) is 0 Å². The number of hydrogen-bond donors (Lipinski definition) is 1. The maximum atomic E-state index is 13.3. The van der Waals surface area contributed by atoms with Crippen molar-refractivity contribution in [1.29, 1.82) is 0 Å². The topological polar surface area (TPSA) is 46.5 Å². The van der Waals surface area contributed by atoms with E-state index in [0.29, 0.717) is 0 Å². The largest absolute Gasteiger partial charge is 0.487 e. The van der Waals surface area contributed by atoms with Crippen LogP contribution in [0.3, 0.4) is 0 Å². The summed E-state index contributed by atoms with van der Waals surface area (Å²) in [4.78, 5) is 10.8. The average Bonchev–Trinajstić information content (AvgIpc) is 2.38. The molecule has 2 aromatic rings. The first-order chi connectivity index (χ1) is 9.08. The van der Waals surface area contributed by atoms with Gasteiger partial charge in [0, 0.05) is 0 Å². The van der Waals surface area contributed by atoms with Crippen LogP contribution in [0.4, 0.5) is 4.39 Å². The van der Waals surface area contributed by atoms with E-state index < -0.39 is 17.3 Å². The molecular weight excluding hydrogens is 271 g/mol. The van der Waals surface area contributed by atoms with Crippen LogP contribution in [0.15, 0.2) is 42.5 Å². The first kappa shape index (κ1) is 13.4. The fraction of sp³-hybridized carbons (Fsp3) is 0.0714. The van der Waals surface area contributed by atoms with Crippen LogP contribution in [0.2, 0.25) is 5.02 Å². The predicted molar refractivity (Wildman–Crippen MR) is 69.1 cm³/mol. The Kier molecular flexibility index (Phi) is 4.02. The zero-order valence-electron chi connectivity index (χ0n) is 9.77. The van der Waals surface area contributed by atoms with E-state index in [4.69, 9.17) is 21.4 Å². The average molecular weight is 281 g/mol. The molecule has 0 saturated carbocycles. The van der Waals surface area contributed by atoms with Crippen molar-refractivity contribution in [2.45, 2.75) is 6.61 Å². The van der Waals surface area contributed by atoms with Crippen molar-refractivity contribution in [1.82, 2.24) is 0 Å². The third-order valence-electron chi connectivity index (χ3n) is 2.49. The summed E-state index contributed by atoms with van der Waals surface area (Å²) in [7, 11) is 0. The number of aromatic carboxylic acids is 1. The van der Waals surface area contributed by atoms with Gasteiger partial charge in [-0.15, -0.1) is 0 Å². The third-order valence-corrected chi connectivity index (χ3v) is 2.78. The Bertz CT molecular complexity index is 599. The Morgan fingerprint density at radius 2 is 1.95 bits per heavy atom. The van der Waals surface area contributed by atoms with Gasteiger partial charge in [-0.1, -0.05) is 41.9 Å². The zero-order chi connectivity index (χ0) is 13.8. The quantitative estimate of drug-likeness (QED) is 0.927. The molecular formula is C14H10ClFO3. The molecule has 19 heavy (non-hydrogen) atoms. The summed E-state index contributed by atoms with van der Waals surface area (Å²) in [5.41, 5.74) is 0.437. The van der Waals surface area contributed by atoms with Gasteiger partial charge in [-0.3, -0.25) is 0 Å². The van der Waals surface area contributed by atoms with Crippen LogP contribution in [0.1, 0.15) is 15.9 Å². The number of ether oxygens (including phenoxy) is 1. The van der Waals surface area contributed by atoms with E-state index >= 15 is 0 Å². The first-order valence-corrected chi connectivity index (χ1v) is 5.85. The van der Waals surface area contributed by atoms with E-state index in [1.807, 2.05) is 30.3 Å². The van der Waals surface area contributed by atoms with E-state index in [1.165, 1.54) is 0 Å². The van der Waals surface area contributed by atoms with Crippen LogP contribution in [0.5, 0.6) is 5.75 Å². The molecule has 0 aromatic heterocycles. The summed E-state index contributed by atoms with van der Waals surface area (Å²) >= 11 is 5.81. The summed E-state index contributed by atoms with van der Waals surface area (Å²) in [6.45, 7) is 0.227. The standard InChI is InChI=1S/C14H10ClFO3/c15-11-7-12(16)10(14(17)18)6-13(11)19-8-9-4-2-1-3-5-9/h1-7H,8H2,(H,17,18). The molecule has 5 heteroatoms. The number of rotatable bonds is 4. The van der Waals surface area contributed by atoms with Gasteiger partial charge in [-0.05, 0) is 17.7 Å². The lowest BCUT2D eigenvalue weighted by molar-refractivity contribution is 0.0691. The molecule has 2 rings (SSSR count). The number of benzene rings is 2. The minimum atomic E-state index is -1.36. The molecule has 0 amide bonds. The van der Waals surface area contributed by atoms with Gasteiger partial charge in [0.15, 0.2) is 0 Å². The van der Waals surface area contributed by atoms with Crippen LogP contribution < -0.4 is 4.74 Å². The van der Waals surface area contributed by atoms with E-state index in [2.05, 4.69) is 0 Å². The number of hydrogen-bond acceptors (Lipinski definition) is 2. The number of carboxylic acids is 1. The van der Waals surface area contributed by atoms with Crippen LogP contribution >= 0.6 is 11.6 Å². The second-order valence-electron chi connectivity index (χ2n) is 3.84.